The van der Waals surface area contributed by atoms with Crippen LogP contribution in [0.25, 0.3) is 0 Å². The second-order valence-corrected chi connectivity index (χ2v) is 10.1. The van der Waals surface area contributed by atoms with Crippen LogP contribution in [0.4, 0.5) is 0 Å². The third-order valence-corrected chi connectivity index (χ3v) is 7.66. The number of likely N-dealkylation sites (tertiary alicyclic amines) is 1. The molecule has 0 aromatic heterocycles. The molecule has 4 rings (SSSR count). The van der Waals surface area contributed by atoms with Crippen molar-refractivity contribution in [1.82, 2.24) is 4.90 Å². The van der Waals surface area contributed by atoms with Gasteiger partial charge in [0.05, 0.1) is 6.10 Å². The number of hydrogen-bond donors (Lipinski definition) is 1. The molecule has 3 aliphatic rings. The van der Waals surface area contributed by atoms with E-state index in [0.717, 1.165) is 19.3 Å². The molecule has 1 saturated carbocycles. The Balaban J connectivity index is 1.17. The molecular formula is C28H41NO. The van der Waals surface area contributed by atoms with Gasteiger partial charge < -0.3 is 10.0 Å². The van der Waals surface area contributed by atoms with Gasteiger partial charge >= 0.3 is 0 Å². The van der Waals surface area contributed by atoms with E-state index >= 15 is 0 Å². The maximum absolute atomic E-state index is 10.6. The molecular weight excluding hydrogens is 366 g/mol. The van der Waals surface area contributed by atoms with E-state index in [-0.39, 0.29) is 6.10 Å². The summed E-state index contributed by atoms with van der Waals surface area (Å²) in [7, 11) is 0. The van der Waals surface area contributed by atoms with Gasteiger partial charge in [-0.15, -0.1) is 0 Å². The third-order valence-electron chi connectivity index (χ3n) is 7.66. The van der Waals surface area contributed by atoms with E-state index < -0.39 is 0 Å². The fourth-order valence-electron chi connectivity index (χ4n) is 6.03. The number of unbranched alkanes of at least 4 members (excludes halogenated alkanes) is 2. The first-order chi connectivity index (χ1) is 14.7. The number of rotatable bonds is 10. The average Bonchev–Trinajstić information content (AvgIpc) is 3.43. The Morgan fingerprint density at radius 3 is 2.80 bits per heavy atom. The van der Waals surface area contributed by atoms with Gasteiger partial charge in [0.15, 0.2) is 0 Å². The molecule has 0 amide bonds. The third kappa shape index (κ3) is 5.86. The minimum atomic E-state index is -0.145. The topological polar surface area (TPSA) is 23.5 Å². The van der Waals surface area contributed by atoms with Gasteiger partial charge in [0.1, 0.15) is 0 Å². The van der Waals surface area contributed by atoms with Crippen LogP contribution in [0.15, 0.2) is 48.1 Å². The smallest absolute Gasteiger partial charge is 0.0611 e. The van der Waals surface area contributed by atoms with Crippen molar-refractivity contribution in [3.8, 4) is 0 Å². The molecule has 1 aromatic carbocycles. The summed E-state index contributed by atoms with van der Waals surface area (Å²) in [4.78, 5) is 2.64. The fraction of sp³-hybridized carbons (Fsp3) is 0.643. The van der Waals surface area contributed by atoms with Crippen molar-refractivity contribution in [3.05, 3.63) is 59.2 Å². The number of fused-ring (bicyclic) bond motifs is 1. The number of aryl methyl sites for hydroxylation is 2. The van der Waals surface area contributed by atoms with Gasteiger partial charge in [0.2, 0.25) is 0 Å². The number of allylic oxidation sites excluding steroid dienone is 3. The van der Waals surface area contributed by atoms with E-state index in [2.05, 4.69) is 54.3 Å². The molecule has 1 aromatic rings. The molecule has 1 N–H and O–H groups in total. The summed E-state index contributed by atoms with van der Waals surface area (Å²) in [5, 5.41) is 10.6. The molecule has 4 atom stereocenters. The summed E-state index contributed by atoms with van der Waals surface area (Å²) in [6.45, 7) is 6.13. The SMILES string of the molecule is Cc1cccc(CC/C=C/[C@H]2[C@H](O)CC3C=C(CCCCCN4CCCC4)C[C@@H]32)c1. The van der Waals surface area contributed by atoms with Crippen LogP contribution < -0.4 is 0 Å². The van der Waals surface area contributed by atoms with Crippen LogP contribution in [0.1, 0.15) is 68.9 Å². The molecule has 164 valence electrons. The Hall–Kier alpha value is -1.38. The van der Waals surface area contributed by atoms with Crippen LogP contribution in [0.3, 0.4) is 0 Å². The Morgan fingerprint density at radius 2 is 1.97 bits per heavy atom. The van der Waals surface area contributed by atoms with E-state index in [9.17, 15) is 5.11 Å². The van der Waals surface area contributed by atoms with E-state index in [4.69, 9.17) is 0 Å². The van der Waals surface area contributed by atoms with Crippen LogP contribution >= 0.6 is 0 Å². The standard InChI is InChI=1S/C28H41NO/c1-22-10-9-13-23(18-22)11-4-5-14-26-27-20-24(19-25(27)21-28(26)30)12-3-2-6-15-29-16-7-8-17-29/h5,9-10,13-14,18-19,25-28,30H,2-4,6-8,11-12,15-17,20-21H2,1H3/b14-5+/t25?,26-,27+,28-/m1/s1. The zero-order valence-electron chi connectivity index (χ0n) is 18.9. The summed E-state index contributed by atoms with van der Waals surface area (Å²) in [6.07, 6.45) is 19.6. The molecule has 1 saturated heterocycles. The van der Waals surface area contributed by atoms with Gasteiger partial charge in [0, 0.05) is 5.92 Å². The van der Waals surface area contributed by atoms with Crippen LogP contribution in [0.2, 0.25) is 0 Å². The van der Waals surface area contributed by atoms with E-state index in [1.54, 1.807) is 5.57 Å². The van der Waals surface area contributed by atoms with Gasteiger partial charge in [-0.2, -0.15) is 0 Å². The molecule has 1 heterocycles. The molecule has 30 heavy (non-hydrogen) atoms. The largest absolute Gasteiger partial charge is 0.392 e. The summed E-state index contributed by atoms with van der Waals surface area (Å²) >= 11 is 0. The summed E-state index contributed by atoms with van der Waals surface area (Å²) in [5.74, 6) is 1.62. The molecule has 0 bridgehead atoms. The first kappa shape index (κ1) is 21.8. The normalized spacial score (nSPS) is 29.1. The van der Waals surface area contributed by atoms with Gasteiger partial charge in [-0.3, -0.25) is 0 Å². The zero-order valence-corrected chi connectivity index (χ0v) is 18.9. The van der Waals surface area contributed by atoms with Crippen molar-refractivity contribution in [1.29, 1.82) is 0 Å². The molecule has 1 unspecified atom stereocenters. The van der Waals surface area contributed by atoms with Gasteiger partial charge in [-0.25, -0.2) is 0 Å². The predicted octanol–water partition coefficient (Wildman–Crippen LogP) is 6.08. The Kier molecular flexibility index (Phi) is 7.84. The predicted molar refractivity (Wildman–Crippen MR) is 127 cm³/mol. The second-order valence-electron chi connectivity index (χ2n) is 10.1. The molecule has 0 spiro atoms. The van der Waals surface area contributed by atoms with Crippen molar-refractivity contribution in [2.45, 2.75) is 77.2 Å². The molecule has 2 heteroatoms. The highest BCUT2D eigenvalue weighted by Gasteiger charge is 2.43. The number of nitrogens with zero attached hydrogens (tertiary/aromatic N) is 1. The van der Waals surface area contributed by atoms with E-state index in [1.165, 1.54) is 75.7 Å². The van der Waals surface area contributed by atoms with Crippen molar-refractivity contribution in [2.24, 2.45) is 17.8 Å². The van der Waals surface area contributed by atoms with Crippen LogP contribution in [-0.2, 0) is 6.42 Å². The lowest BCUT2D eigenvalue weighted by molar-refractivity contribution is 0.141. The van der Waals surface area contributed by atoms with Crippen LogP contribution in [-0.4, -0.2) is 35.7 Å². The molecule has 2 aliphatic carbocycles. The zero-order chi connectivity index (χ0) is 20.8. The average molecular weight is 408 g/mol. The Bertz CT molecular complexity index is 730. The van der Waals surface area contributed by atoms with Crippen molar-refractivity contribution >= 4 is 0 Å². The highest BCUT2D eigenvalue weighted by atomic mass is 16.3. The summed E-state index contributed by atoms with van der Waals surface area (Å²) in [5.41, 5.74) is 4.43. The molecule has 0 radical (unpaired) electrons. The highest BCUT2D eigenvalue weighted by molar-refractivity contribution is 5.23. The molecule has 1 aliphatic heterocycles. The minimum Gasteiger partial charge on any atom is -0.392 e. The Labute approximate surface area is 184 Å². The lowest BCUT2D eigenvalue weighted by Gasteiger charge is -2.18. The lowest BCUT2D eigenvalue weighted by Crippen LogP contribution is -2.20. The van der Waals surface area contributed by atoms with E-state index in [1.807, 2.05) is 0 Å². The quantitative estimate of drug-likeness (QED) is 0.375. The number of aliphatic hydroxyl groups is 1. The van der Waals surface area contributed by atoms with Crippen molar-refractivity contribution in [3.63, 3.8) is 0 Å². The first-order valence-electron chi connectivity index (χ1n) is 12.5. The highest BCUT2D eigenvalue weighted by Crippen LogP contribution is 2.48. The monoisotopic (exact) mass is 407 g/mol. The fourth-order valence-corrected chi connectivity index (χ4v) is 6.03. The number of hydrogen-bond acceptors (Lipinski definition) is 2. The Morgan fingerprint density at radius 1 is 1.10 bits per heavy atom. The second kappa shape index (κ2) is 10.8. The van der Waals surface area contributed by atoms with Gasteiger partial charge in [0.25, 0.3) is 0 Å². The van der Waals surface area contributed by atoms with Crippen LogP contribution in [0.5, 0.6) is 0 Å². The van der Waals surface area contributed by atoms with Gasteiger partial charge in [-0.05, 0) is 102 Å². The van der Waals surface area contributed by atoms with E-state index in [0.29, 0.717) is 17.8 Å². The van der Waals surface area contributed by atoms with Crippen molar-refractivity contribution < 1.29 is 5.11 Å². The summed E-state index contributed by atoms with van der Waals surface area (Å²) < 4.78 is 0. The first-order valence-corrected chi connectivity index (χ1v) is 12.5. The van der Waals surface area contributed by atoms with Crippen molar-refractivity contribution in [2.75, 3.05) is 19.6 Å². The lowest BCUT2D eigenvalue weighted by atomic mass is 9.88. The maximum atomic E-state index is 10.6. The van der Waals surface area contributed by atoms with Gasteiger partial charge in [-0.1, -0.05) is 60.1 Å². The minimum absolute atomic E-state index is 0.145. The maximum Gasteiger partial charge on any atom is 0.0611 e. The molecule has 2 nitrogen and oxygen atoms in total. The number of aliphatic hydroxyl groups excluding tert-OH is 1. The number of benzene rings is 1. The molecule has 2 fully saturated rings. The summed E-state index contributed by atoms with van der Waals surface area (Å²) in [6, 6.07) is 8.82. The van der Waals surface area contributed by atoms with Crippen LogP contribution in [0, 0.1) is 24.7 Å².